The number of hydrogen-bond donors (Lipinski definition) is 0. The second-order valence-electron chi connectivity index (χ2n) is 10.3. The fourth-order valence-electron chi connectivity index (χ4n) is 5.11. The first-order chi connectivity index (χ1) is 21.2. The molecule has 3 aromatic carbocycles. The molecule has 4 aromatic rings. The predicted molar refractivity (Wildman–Crippen MR) is 169 cm³/mol. The molecule has 10 heteroatoms. The number of benzene rings is 3. The van der Waals surface area contributed by atoms with Gasteiger partial charge in [0.1, 0.15) is 11.5 Å². The van der Waals surface area contributed by atoms with Crippen molar-refractivity contribution in [3.63, 3.8) is 0 Å². The van der Waals surface area contributed by atoms with Crippen LogP contribution >= 0.6 is 11.3 Å². The molecule has 0 saturated carbocycles. The number of carbonyl (C=O) groups is 2. The number of allylic oxidation sites excluding steroid dienone is 1. The fraction of sp³-hybridized carbons (Fsp3) is 0.294. The van der Waals surface area contributed by atoms with Crippen molar-refractivity contribution >= 4 is 40.1 Å². The fourth-order valence-corrected chi connectivity index (χ4v) is 6.14. The summed E-state index contributed by atoms with van der Waals surface area (Å²) in [5.74, 6) is 0.0979. The highest BCUT2D eigenvalue weighted by molar-refractivity contribution is 7.07. The van der Waals surface area contributed by atoms with Crippen molar-refractivity contribution in [1.82, 2.24) is 4.57 Å². The molecule has 9 nitrogen and oxygen atoms in total. The lowest BCUT2D eigenvalue weighted by Gasteiger charge is -2.25. The summed E-state index contributed by atoms with van der Waals surface area (Å²) < 4.78 is 24.1. The van der Waals surface area contributed by atoms with E-state index in [1.54, 1.807) is 44.4 Å². The lowest BCUT2D eigenvalue weighted by Crippen LogP contribution is -2.40. The van der Waals surface area contributed by atoms with Crippen LogP contribution < -0.4 is 24.4 Å². The molecule has 5 rings (SSSR count). The normalized spacial score (nSPS) is 14.8. The Morgan fingerprint density at radius 1 is 1.00 bits per heavy atom. The summed E-state index contributed by atoms with van der Waals surface area (Å²) in [7, 11) is 0. The molecule has 1 atom stereocenters. The molecule has 2 heterocycles. The van der Waals surface area contributed by atoms with E-state index in [4.69, 9.17) is 18.9 Å². The van der Waals surface area contributed by atoms with E-state index < -0.39 is 18.0 Å². The number of ether oxygens (including phenoxy) is 4. The molecule has 0 spiro atoms. The zero-order valence-corrected chi connectivity index (χ0v) is 26.1. The third kappa shape index (κ3) is 6.30. The molecule has 44 heavy (non-hydrogen) atoms. The first kappa shape index (κ1) is 30.7. The molecule has 0 saturated heterocycles. The molecule has 1 aromatic heterocycles. The van der Waals surface area contributed by atoms with Gasteiger partial charge in [0.25, 0.3) is 5.56 Å². The molecule has 0 unspecified atom stereocenters. The number of fused-ring (bicyclic) bond motifs is 2. The van der Waals surface area contributed by atoms with Crippen LogP contribution in [0.1, 0.15) is 51.8 Å². The maximum atomic E-state index is 14.2. The van der Waals surface area contributed by atoms with E-state index in [0.717, 1.165) is 16.3 Å². The molecular formula is C34H34N2O7S. The molecule has 1 aliphatic heterocycles. The SMILES string of the molecule is CCOC(=O)COc1ccc2ccccc2c1/C=c1/sc2n(c1=O)[C@H](c1ccc(OCC)cc1)C(C(=O)OC(C)C)=C(C)N=2. The summed E-state index contributed by atoms with van der Waals surface area (Å²) >= 11 is 1.22. The van der Waals surface area contributed by atoms with E-state index in [1.807, 2.05) is 61.5 Å². The minimum absolute atomic E-state index is 0.246. The highest BCUT2D eigenvalue weighted by Gasteiger charge is 2.34. The van der Waals surface area contributed by atoms with Crippen LogP contribution in [0.15, 0.2) is 81.7 Å². The van der Waals surface area contributed by atoms with Gasteiger partial charge in [-0.3, -0.25) is 9.36 Å². The number of nitrogens with zero attached hydrogens (tertiary/aromatic N) is 2. The molecule has 0 aliphatic carbocycles. The van der Waals surface area contributed by atoms with E-state index in [9.17, 15) is 14.4 Å². The van der Waals surface area contributed by atoms with Crippen LogP contribution in [-0.2, 0) is 19.1 Å². The van der Waals surface area contributed by atoms with Gasteiger partial charge in [0.15, 0.2) is 11.4 Å². The van der Waals surface area contributed by atoms with E-state index in [1.165, 1.54) is 11.3 Å². The first-order valence-corrected chi connectivity index (χ1v) is 15.3. The van der Waals surface area contributed by atoms with Gasteiger partial charge in [-0.05, 0) is 75.2 Å². The number of esters is 2. The Balaban J connectivity index is 1.69. The highest BCUT2D eigenvalue weighted by Crippen LogP contribution is 2.32. The predicted octanol–water partition coefficient (Wildman–Crippen LogP) is 4.68. The summed E-state index contributed by atoms with van der Waals surface area (Å²) in [6.45, 7) is 9.43. The van der Waals surface area contributed by atoms with Crippen LogP contribution in [0, 0.1) is 0 Å². The summed E-state index contributed by atoms with van der Waals surface area (Å²) in [5.41, 5.74) is 1.82. The van der Waals surface area contributed by atoms with Crippen LogP contribution in [0.2, 0.25) is 0 Å². The molecule has 0 amide bonds. The zero-order chi connectivity index (χ0) is 31.4. The van der Waals surface area contributed by atoms with Gasteiger partial charge in [-0.2, -0.15) is 0 Å². The van der Waals surface area contributed by atoms with Crippen molar-refractivity contribution in [2.45, 2.75) is 46.8 Å². The van der Waals surface area contributed by atoms with Crippen molar-refractivity contribution in [2.24, 2.45) is 4.99 Å². The van der Waals surface area contributed by atoms with Gasteiger partial charge >= 0.3 is 11.9 Å². The Labute approximate surface area is 258 Å². The van der Waals surface area contributed by atoms with E-state index >= 15 is 0 Å². The van der Waals surface area contributed by atoms with Crippen molar-refractivity contribution in [1.29, 1.82) is 0 Å². The molecule has 0 N–H and O–H groups in total. The Kier molecular flexibility index (Phi) is 9.29. The van der Waals surface area contributed by atoms with E-state index in [-0.39, 0.29) is 24.9 Å². The second kappa shape index (κ2) is 13.3. The van der Waals surface area contributed by atoms with Gasteiger partial charge in [-0.15, -0.1) is 0 Å². The summed E-state index contributed by atoms with van der Waals surface area (Å²) in [5, 5.41) is 1.79. The van der Waals surface area contributed by atoms with Gasteiger partial charge in [0.05, 0.1) is 41.2 Å². The molecule has 0 bridgehead atoms. The lowest BCUT2D eigenvalue weighted by molar-refractivity contribution is -0.145. The molecule has 0 radical (unpaired) electrons. The summed E-state index contributed by atoms with van der Waals surface area (Å²) in [4.78, 5) is 44.9. The van der Waals surface area contributed by atoms with Crippen molar-refractivity contribution in [3.8, 4) is 11.5 Å². The van der Waals surface area contributed by atoms with Gasteiger partial charge in [-0.25, -0.2) is 14.6 Å². The maximum absolute atomic E-state index is 14.2. The number of thiazole rings is 1. The first-order valence-electron chi connectivity index (χ1n) is 14.5. The van der Waals surface area contributed by atoms with Gasteiger partial charge in [0.2, 0.25) is 0 Å². The summed E-state index contributed by atoms with van der Waals surface area (Å²) in [6.07, 6.45) is 1.40. The third-order valence-corrected chi connectivity index (χ3v) is 7.93. The highest BCUT2D eigenvalue weighted by atomic mass is 32.1. The Morgan fingerprint density at radius 3 is 2.45 bits per heavy atom. The average Bonchev–Trinajstić information content (AvgIpc) is 3.30. The van der Waals surface area contributed by atoms with Crippen molar-refractivity contribution < 1.29 is 28.5 Å². The van der Waals surface area contributed by atoms with Gasteiger partial charge in [-0.1, -0.05) is 53.8 Å². The Morgan fingerprint density at radius 2 is 1.75 bits per heavy atom. The largest absolute Gasteiger partial charge is 0.494 e. The average molecular weight is 615 g/mol. The molecule has 0 fully saturated rings. The quantitative estimate of drug-likeness (QED) is 0.239. The second-order valence-corrected chi connectivity index (χ2v) is 11.3. The van der Waals surface area contributed by atoms with Crippen LogP contribution in [0.3, 0.4) is 0 Å². The van der Waals surface area contributed by atoms with Crippen molar-refractivity contribution in [3.05, 3.63) is 103 Å². The minimum Gasteiger partial charge on any atom is -0.494 e. The standard InChI is InChI=1S/C34H34N2O7S/c1-6-40-24-15-12-23(13-16-24)31-30(33(39)43-20(3)4)21(5)35-34-36(31)32(38)28(44-34)18-26-25-11-9-8-10-22(25)14-17-27(26)42-19-29(37)41-7-2/h8-18,20,31H,6-7,19H2,1-5H3/b28-18+/t31-/m1/s1. The third-order valence-electron chi connectivity index (χ3n) is 6.95. The molecular weight excluding hydrogens is 580 g/mol. The maximum Gasteiger partial charge on any atom is 0.344 e. The monoisotopic (exact) mass is 614 g/mol. The molecule has 228 valence electrons. The van der Waals surface area contributed by atoms with E-state index in [0.29, 0.717) is 44.3 Å². The van der Waals surface area contributed by atoms with Gasteiger partial charge in [0, 0.05) is 5.56 Å². The summed E-state index contributed by atoms with van der Waals surface area (Å²) in [6, 6.07) is 18.0. The molecule has 1 aliphatic rings. The van der Waals surface area contributed by atoms with Crippen molar-refractivity contribution in [2.75, 3.05) is 19.8 Å². The number of rotatable bonds is 10. The lowest BCUT2D eigenvalue weighted by atomic mass is 9.95. The minimum atomic E-state index is -0.762. The van der Waals surface area contributed by atoms with E-state index in [2.05, 4.69) is 4.99 Å². The van der Waals surface area contributed by atoms with Crippen LogP contribution in [0.5, 0.6) is 11.5 Å². The van der Waals surface area contributed by atoms with Crippen LogP contribution in [0.25, 0.3) is 16.8 Å². The number of hydrogen-bond acceptors (Lipinski definition) is 9. The number of aromatic nitrogens is 1. The van der Waals surface area contributed by atoms with Crippen LogP contribution in [0.4, 0.5) is 0 Å². The smallest absolute Gasteiger partial charge is 0.344 e. The Bertz CT molecular complexity index is 1920. The van der Waals surface area contributed by atoms with Crippen LogP contribution in [-0.4, -0.2) is 42.4 Å². The topological polar surface area (TPSA) is 105 Å². The number of carbonyl (C=O) groups excluding carboxylic acids is 2. The Hall–Kier alpha value is -4.70. The zero-order valence-electron chi connectivity index (χ0n) is 25.3. The van der Waals surface area contributed by atoms with Gasteiger partial charge < -0.3 is 18.9 Å².